The summed E-state index contributed by atoms with van der Waals surface area (Å²) in [5.41, 5.74) is 1.92. The van der Waals surface area contributed by atoms with E-state index in [-0.39, 0.29) is 10.9 Å². The Kier molecular flexibility index (Phi) is 7.66. The molecule has 1 aromatic carbocycles. The van der Waals surface area contributed by atoms with Crippen molar-refractivity contribution in [1.29, 1.82) is 0 Å². The SMILES string of the molecule is CCN(CC)C(=O)Nc1ccc(S(=O)(=O)NCCC2=CCCCC2)cc1. The molecule has 7 heteroatoms. The average Bonchev–Trinajstić information content (AvgIpc) is 2.64. The predicted molar refractivity (Wildman–Crippen MR) is 105 cm³/mol. The Morgan fingerprint density at radius 3 is 2.38 bits per heavy atom. The summed E-state index contributed by atoms with van der Waals surface area (Å²) in [5.74, 6) is 0. The summed E-state index contributed by atoms with van der Waals surface area (Å²) < 4.78 is 27.4. The van der Waals surface area contributed by atoms with Crippen molar-refractivity contribution in [2.24, 2.45) is 0 Å². The molecule has 6 nitrogen and oxygen atoms in total. The minimum absolute atomic E-state index is 0.190. The number of hydrogen-bond donors (Lipinski definition) is 2. The molecule has 0 saturated carbocycles. The summed E-state index contributed by atoms with van der Waals surface area (Å²) in [4.78, 5) is 13.9. The number of nitrogens with one attached hydrogen (secondary N) is 2. The van der Waals surface area contributed by atoms with Crippen LogP contribution in [-0.4, -0.2) is 39.0 Å². The lowest BCUT2D eigenvalue weighted by molar-refractivity contribution is 0.217. The normalized spacial score (nSPS) is 14.6. The van der Waals surface area contributed by atoms with E-state index in [4.69, 9.17) is 0 Å². The second-order valence-corrected chi connectivity index (χ2v) is 8.15. The van der Waals surface area contributed by atoms with E-state index in [9.17, 15) is 13.2 Å². The van der Waals surface area contributed by atoms with Gasteiger partial charge in [-0.05, 0) is 70.2 Å². The molecule has 0 aliphatic heterocycles. The number of carbonyl (C=O) groups excluding carboxylic acids is 1. The second kappa shape index (κ2) is 9.73. The lowest BCUT2D eigenvalue weighted by atomic mass is 9.97. The average molecular weight is 380 g/mol. The highest BCUT2D eigenvalue weighted by Crippen LogP contribution is 2.20. The van der Waals surface area contributed by atoms with Gasteiger partial charge in [0.2, 0.25) is 10.0 Å². The maximum atomic E-state index is 12.4. The van der Waals surface area contributed by atoms with Gasteiger partial charge in [0.15, 0.2) is 0 Å². The number of carbonyl (C=O) groups is 1. The van der Waals surface area contributed by atoms with Crippen molar-refractivity contribution >= 4 is 21.7 Å². The van der Waals surface area contributed by atoms with Gasteiger partial charge in [0.25, 0.3) is 0 Å². The van der Waals surface area contributed by atoms with E-state index in [0.29, 0.717) is 25.3 Å². The molecule has 0 unspecified atom stereocenters. The summed E-state index contributed by atoms with van der Waals surface area (Å²) in [6.45, 7) is 5.47. The van der Waals surface area contributed by atoms with Crippen molar-refractivity contribution in [3.8, 4) is 0 Å². The molecule has 1 aromatic rings. The molecule has 1 aliphatic rings. The van der Waals surface area contributed by atoms with Crippen molar-refractivity contribution in [1.82, 2.24) is 9.62 Å². The van der Waals surface area contributed by atoms with Crippen LogP contribution in [0.15, 0.2) is 40.8 Å². The van der Waals surface area contributed by atoms with Gasteiger partial charge in [0.1, 0.15) is 0 Å². The van der Waals surface area contributed by atoms with Gasteiger partial charge in [-0.15, -0.1) is 0 Å². The summed E-state index contributed by atoms with van der Waals surface area (Å²) in [7, 11) is -3.53. The topological polar surface area (TPSA) is 78.5 Å². The van der Waals surface area contributed by atoms with Crippen LogP contribution >= 0.6 is 0 Å². The Labute approximate surface area is 156 Å². The first-order valence-corrected chi connectivity index (χ1v) is 10.8. The van der Waals surface area contributed by atoms with Gasteiger partial charge in [-0.1, -0.05) is 11.6 Å². The third-order valence-corrected chi connectivity index (χ3v) is 6.07. The number of hydrogen-bond acceptors (Lipinski definition) is 3. The maximum Gasteiger partial charge on any atom is 0.321 e. The van der Waals surface area contributed by atoms with E-state index in [2.05, 4.69) is 16.1 Å². The van der Waals surface area contributed by atoms with Crippen LogP contribution in [0.4, 0.5) is 10.5 Å². The smallest absolute Gasteiger partial charge is 0.321 e. The van der Waals surface area contributed by atoms with Crippen molar-refractivity contribution in [3.05, 3.63) is 35.9 Å². The molecule has 2 N–H and O–H groups in total. The molecule has 0 atom stereocenters. The van der Waals surface area contributed by atoms with E-state index in [1.54, 1.807) is 17.0 Å². The molecule has 2 rings (SSSR count). The highest BCUT2D eigenvalue weighted by molar-refractivity contribution is 7.89. The summed E-state index contributed by atoms with van der Waals surface area (Å²) >= 11 is 0. The van der Waals surface area contributed by atoms with E-state index < -0.39 is 10.0 Å². The molecular weight excluding hydrogens is 350 g/mol. The molecule has 0 spiro atoms. The second-order valence-electron chi connectivity index (χ2n) is 6.38. The lowest BCUT2D eigenvalue weighted by Crippen LogP contribution is -2.34. The quantitative estimate of drug-likeness (QED) is 0.676. The monoisotopic (exact) mass is 379 g/mol. The van der Waals surface area contributed by atoms with Gasteiger partial charge < -0.3 is 10.2 Å². The maximum absolute atomic E-state index is 12.4. The van der Waals surface area contributed by atoms with Crippen LogP contribution in [0.25, 0.3) is 0 Å². The van der Waals surface area contributed by atoms with Crippen LogP contribution in [0.1, 0.15) is 46.0 Å². The first-order chi connectivity index (χ1) is 12.5. The van der Waals surface area contributed by atoms with Gasteiger partial charge in [0.05, 0.1) is 4.90 Å². The molecule has 26 heavy (non-hydrogen) atoms. The van der Waals surface area contributed by atoms with Gasteiger partial charge in [-0.3, -0.25) is 0 Å². The Balaban J connectivity index is 1.91. The van der Waals surface area contributed by atoms with Gasteiger partial charge in [-0.25, -0.2) is 17.9 Å². The number of amides is 2. The minimum Gasteiger partial charge on any atom is -0.325 e. The van der Waals surface area contributed by atoms with Crippen LogP contribution in [-0.2, 0) is 10.0 Å². The molecule has 0 heterocycles. The summed E-state index contributed by atoms with van der Waals surface area (Å²) in [6.07, 6.45) is 7.58. The van der Waals surface area contributed by atoms with Crippen molar-refractivity contribution in [2.45, 2.75) is 50.8 Å². The fourth-order valence-corrected chi connectivity index (χ4v) is 4.02. The molecule has 0 aromatic heterocycles. The van der Waals surface area contributed by atoms with Gasteiger partial charge in [0, 0.05) is 25.3 Å². The van der Waals surface area contributed by atoms with Crippen molar-refractivity contribution in [2.75, 3.05) is 25.0 Å². The fourth-order valence-electron chi connectivity index (χ4n) is 2.99. The molecule has 0 radical (unpaired) electrons. The van der Waals surface area contributed by atoms with Crippen LogP contribution < -0.4 is 10.0 Å². The number of sulfonamides is 1. The first-order valence-electron chi connectivity index (χ1n) is 9.29. The summed E-state index contributed by atoms with van der Waals surface area (Å²) in [6, 6.07) is 6.06. The standard InChI is InChI=1S/C19H29N3O3S/c1-3-22(4-2)19(23)21-17-10-12-18(13-11-17)26(24,25)20-15-14-16-8-6-5-7-9-16/h8,10-13,20H,3-7,9,14-15H2,1-2H3,(H,21,23). The van der Waals surface area contributed by atoms with E-state index in [1.165, 1.54) is 30.5 Å². The first kappa shape index (κ1) is 20.5. The van der Waals surface area contributed by atoms with Crippen LogP contribution in [0, 0.1) is 0 Å². The number of urea groups is 1. The largest absolute Gasteiger partial charge is 0.325 e. The zero-order chi connectivity index (χ0) is 19.0. The number of anilines is 1. The Morgan fingerprint density at radius 2 is 1.81 bits per heavy atom. The van der Waals surface area contributed by atoms with Gasteiger partial charge >= 0.3 is 6.03 Å². The van der Waals surface area contributed by atoms with Crippen LogP contribution in [0.2, 0.25) is 0 Å². The molecule has 144 valence electrons. The molecule has 0 saturated heterocycles. The van der Waals surface area contributed by atoms with Crippen LogP contribution in [0.3, 0.4) is 0 Å². The molecule has 0 fully saturated rings. The lowest BCUT2D eigenvalue weighted by Gasteiger charge is -2.19. The third kappa shape index (κ3) is 5.85. The molecular formula is C19H29N3O3S. The van der Waals surface area contributed by atoms with E-state index in [0.717, 1.165) is 19.3 Å². The number of rotatable bonds is 8. The number of nitrogens with zero attached hydrogens (tertiary/aromatic N) is 1. The number of benzene rings is 1. The van der Waals surface area contributed by atoms with Crippen molar-refractivity contribution in [3.63, 3.8) is 0 Å². The summed E-state index contributed by atoms with van der Waals surface area (Å²) in [5, 5.41) is 2.77. The predicted octanol–water partition coefficient (Wildman–Crippen LogP) is 3.73. The molecule has 2 amide bonds. The minimum atomic E-state index is -3.53. The Hall–Kier alpha value is -1.86. The van der Waals surface area contributed by atoms with E-state index in [1.807, 2.05) is 13.8 Å². The van der Waals surface area contributed by atoms with Gasteiger partial charge in [-0.2, -0.15) is 0 Å². The Bertz CT molecular complexity index is 723. The highest BCUT2D eigenvalue weighted by atomic mass is 32.2. The number of allylic oxidation sites excluding steroid dienone is 1. The molecule has 1 aliphatic carbocycles. The van der Waals surface area contributed by atoms with Crippen LogP contribution in [0.5, 0.6) is 0 Å². The highest BCUT2D eigenvalue weighted by Gasteiger charge is 2.15. The zero-order valence-corrected chi connectivity index (χ0v) is 16.4. The third-order valence-electron chi connectivity index (χ3n) is 4.59. The van der Waals surface area contributed by atoms with Crippen molar-refractivity contribution < 1.29 is 13.2 Å². The molecule has 0 bridgehead atoms. The zero-order valence-electron chi connectivity index (χ0n) is 15.6. The Morgan fingerprint density at radius 1 is 1.12 bits per heavy atom. The fraction of sp³-hybridized carbons (Fsp3) is 0.526. The van der Waals surface area contributed by atoms with E-state index >= 15 is 0 Å².